The Labute approximate surface area is 203 Å². The number of fused-ring (bicyclic) bond motifs is 1. The van der Waals surface area contributed by atoms with E-state index in [9.17, 15) is 14.4 Å². The van der Waals surface area contributed by atoms with Crippen molar-refractivity contribution in [2.45, 2.75) is 11.6 Å². The van der Waals surface area contributed by atoms with Crippen molar-refractivity contribution in [1.82, 2.24) is 14.9 Å². The Hall–Kier alpha value is -3.13. The highest BCUT2D eigenvalue weighted by Gasteiger charge is 2.16. The Morgan fingerprint density at radius 3 is 2.33 bits per heavy atom. The van der Waals surface area contributed by atoms with E-state index in [-0.39, 0.29) is 17.7 Å². The summed E-state index contributed by atoms with van der Waals surface area (Å²) < 4.78 is 1.41. The number of amides is 2. The second-order valence-electron chi connectivity index (χ2n) is 7.10. The first kappa shape index (κ1) is 23.0. The normalized spacial score (nSPS) is 10.8. The van der Waals surface area contributed by atoms with E-state index in [0.717, 1.165) is 17.3 Å². The van der Waals surface area contributed by atoms with Gasteiger partial charge in [0.2, 0.25) is 11.8 Å². The summed E-state index contributed by atoms with van der Waals surface area (Å²) in [6.07, 6.45) is 0.0967. The molecule has 0 unspecified atom stereocenters. The summed E-state index contributed by atoms with van der Waals surface area (Å²) in [6.45, 7) is 0. The van der Waals surface area contributed by atoms with Gasteiger partial charge in [-0.25, -0.2) is 4.98 Å². The summed E-state index contributed by atoms with van der Waals surface area (Å²) in [5.41, 5.74) is 1.47. The zero-order valence-electron chi connectivity index (χ0n) is 17.1. The number of rotatable bonds is 6. The maximum Gasteiger partial charge on any atom is 0.266 e. The molecule has 6 nitrogen and oxygen atoms in total. The van der Waals surface area contributed by atoms with Gasteiger partial charge in [0.25, 0.3) is 5.56 Å². The van der Waals surface area contributed by atoms with E-state index >= 15 is 0 Å². The van der Waals surface area contributed by atoms with Crippen molar-refractivity contribution < 1.29 is 9.59 Å². The molecule has 9 heteroatoms. The minimum Gasteiger partial charge on any atom is -0.295 e. The molecule has 0 aliphatic rings. The van der Waals surface area contributed by atoms with E-state index in [1.54, 1.807) is 42.5 Å². The molecule has 4 aromatic rings. The number of benzene rings is 3. The molecule has 166 valence electrons. The van der Waals surface area contributed by atoms with Crippen molar-refractivity contribution >= 4 is 57.7 Å². The van der Waals surface area contributed by atoms with Gasteiger partial charge in [0.15, 0.2) is 5.16 Å². The van der Waals surface area contributed by atoms with Gasteiger partial charge in [0.1, 0.15) is 0 Å². The topological polar surface area (TPSA) is 81.1 Å². The molecular weight excluding hydrogens is 481 g/mol. The van der Waals surface area contributed by atoms with Gasteiger partial charge in [-0.15, -0.1) is 0 Å². The van der Waals surface area contributed by atoms with Crippen molar-refractivity contribution in [1.29, 1.82) is 0 Å². The molecule has 2 amide bonds. The van der Waals surface area contributed by atoms with Gasteiger partial charge in [0, 0.05) is 10.0 Å². The van der Waals surface area contributed by atoms with Crippen LogP contribution in [0.25, 0.3) is 16.6 Å². The van der Waals surface area contributed by atoms with Crippen molar-refractivity contribution in [2.75, 3.05) is 5.75 Å². The Morgan fingerprint density at radius 2 is 1.61 bits per heavy atom. The fraction of sp³-hybridized carbons (Fsp3) is 0.0833. The van der Waals surface area contributed by atoms with Crippen molar-refractivity contribution in [3.05, 3.63) is 98.8 Å². The van der Waals surface area contributed by atoms with Crippen LogP contribution in [0.15, 0.2) is 82.7 Å². The molecule has 0 saturated carbocycles. The second-order valence-corrected chi connectivity index (χ2v) is 8.91. The number of nitrogens with zero attached hydrogens (tertiary/aromatic N) is 2. The van der Waals surface area contributed by atoms with Crippen LogP contribution in [0.4, 0.5) is 0 Å². The van der Waals surface area contributed by atoms with Crippen molar-refractivity contribution in [2.24, 2.45) is 0 Å². The lowest BCUT2D eigenvalue weighted by Crippen LogP contribution is -2.33. The Kier molecular flexibility index (Phi) is 7.13. The fourth-order valence-corrected chi connectivity index (χ4v) is 4.31. The van der Waals surface area contributed by atoms with E-state index in [1.807, 2.05) is 30.3 Å². The number of hydrogen-bond acceptors (Lipinski definition) is 5. The highest BCUT2D eigenvalue weighted by atomic mass is 35.5. The average molecular weight is 498 g/mol. The molecule has 0 fully saturated rings. The summed E-state index contributed by atoms with van der Waals surface area (Å²) >= 11 is 13.1. The number of carbonyl (C=O) groups is 2. The third-order valence-corrected chi connectivity index (χ3v) is 6.13. The molecule has 3 aromatic carbocycles. The first-order valence-electron chi connectivity index (χ1n) is 9.88. The molecule has 1 N–H and O–H groups in total. The van der Waals surface area contributed by atoms with E-state index < -0.39 is 11.8 Å². The first-order chi connectivity index (χ1) is 15.9. The molecule has 4 rings (SSSR count). The van der Waals surface area contributed by atoms with Crippen molar-refractivity contribution in [3.63, 3.8) is 0 Å². The maximum atomic E-state index is 13.3. The van der Waals surface area contributed by atoms with Crippen LogP contribution in [-0.2, 0) is 16.0 Å². The van der Waals surface area contributed by atoms with Gasteiger partial charge < -0.3 is 0 Å². The molecular formula is C24H17Cl2N3O3S. The second kappa shape index (κ2) is 10.2. The molecule has 33 heavy (non-hydrogen) atoms. The van der Waals surface area contributed by atoms with E-state index in [2.05, 4.69) is 10.3 Å². The molecule has 0 bridgehead atoms. The third-order valence-electron chi connectivity index (χ3n) is 4.70. The van der Waals surface area contributed by atoms with Crippen molar-refractivity contribution in [3.8, 4) is 5.69 Å². The summed E-state index contributed by atoms with van der Waals surface area (Å²) in [4.78, 5) is 42.4. The Bertz CT molecular complexity index is 1390. The number of carbonyl (C=O) groups excluding carboxylic acids is 2. The molecule has 0 spiro atoms. The predicted molar refractivity (Wildman–Crippen MR) is 131 cm³/mol. The lowest BCUT2D eigenvalue weighted by molar-refractivity contribution is -0.128. The van der Waals surface area contributed by atoms with Gasteiger partial charge in [-0.3, -0.25) is 24.3 Å². The van der Waals surface area contributed by atoms with Crippen LogP contribution in [0.2, 0.25) is 10.0 Å². The van der Waals surface area contributed by atoms with E-state index in [1.165, 1.54) is 4.57 Å². The Morgan fingerprint density at radius 1 is 0.909 bits per heavy atom. The van der Waals surface area contributed by atoms with Crippen LogP contribution in [-0.4, -0.2) is 27.1 Å². The zero-order valence-corrected chi connectivity index (χ0v) is 19.5. The van der Waals surface area contributed by atoms with Crippen LogP contribution in [0.1, 0.15) is 5.56 Å². The quantitative estimate of drug-likeness (QED) is 0.309. The molecule has 0 aliphatic heterocycles. The SMILES string of the molecule is O=C(CSc1nc2cc(Cl)ccc2c(=O)n1-c1ccc(Cl)cc1)NC(=O)Cc1ccccc1. The lowest BCUT2D eigenvalue weighted by atomic mass is 10.1. The molecule has 1 aromatic heterocycles. The van der Waals surface area contributed by atoms with Crippen LogP contribution in [0, 0.1) is 0 Å². The minimum atomic E-state index is -0.482. The minimum absolute atomic E-state index is 0.0967. The standard InChI is InChI=1S/C24H17Cl2N3O3S/c25-16-6-9-18(10-7-16)29-23(32)19-11-8-17(26)13-20(19)27-24(29)33-14-22(31)28-21(30)12-15-4-2-1-3-5-15/h1-11,13H,12,14H2,(H,28,30,31). The number of halogens is 2. The number of hydrogen-bond donors (Lipinski definition) is 1. The van der Waals surface area contributed by atoms with Crippen LogP contribution in [0.5, 0.6) is 0 Å². The van der Waals surface area contributed by atoms with E-state index in [0.29, 0.717) is 31.8 Å². The Balaban J connectivity index is 1.58. The van der Waals surface area contributed by atoms with E-state index in [4.69, 9.17) is 23.2 Å². The zero-order chi connectivity index (χ0) is 23.4. The number of thioether (sulfide) groups is 1. The summed E-state index contributed by atoms with van der Waals surface area (Å²) in [6, 6.07) is 20.7. The number of aromatic nitrogens is 2. The summed E-state index contributed by atoms with van der Waals surface area (Å²) in [7, 11) is 0. The smallest absolute Gasteiger partial charge is 0.266 e. The monoisotopic (exact) mass is 497 g/mol. The maximum absolute atomic E-state index is 13.3. The molecule has 0 aliphatic carbocycles. The number of nitrogens with one attached hydrogen (secondary N) is 1. The highest BCUT2D eigenvalue weighted by molar-refractivity contribution is 7.99. The van der Waals surface area contributed by atoms with Gasteiger partial charge in [-0.05, 0) is 48.0 Å². The van der Waals surface area contributed by atoms with Crippen LogP contribution >= 0.6 is 35.0 Å². The molecule has 1 heterocycles. The van der Waals surface area contributed by atoms with Crippen LogP contribution in [0.3, 0.4) is 0 Å². The first-order valence-corrected chi connectivity index (χ1v) is 11.6. The summed E-state index contributed by atoms with van der Waals surface area (Å²) in [5, 5.41) is 4.03. The fourth-order valence-electron chi connectivity index (χ4n) is 3.20. The highest BCUT2D eigenvalue weighted by Crippen LogP contribution is 2.23. The summed E-state index contributed by atoms with van der Waals surface area (Å²) in [5.74, 6) is -0.990. The predicted octanol–water partition coefficient (Wildman–Crippen LogP) is 4.67. The largest absolute Gasteiger partial charge is 0.295 e. The van der Waals surface area contributed by atoms with Gasteiger partial charge in [-0.2, -0.15) is 0 Å². The lowest BCUT2D eigenvalue weighted by Gasteiger charge is -2.13. The third kappa shape index (κ3) is 5.63. The van der Waals surface area contributed by atoms with Crippen LogP contribution < -0.4 is 10.9 Å². The average Bonchev–Trinajstić information content (AvgIpc) is 2.79. The molecule has 0 saturated heterocycles. The molecule has 0 atom stereocenters. The number of imide groups is 1. The van der Waals surface area contributed by atoms with Gasteiger partial charge >= 0.3 is 0 Å². The van der Waals surface area contributed by atoms with Gasteiger partial charge in [-0.1, -0.05) is 65.3 Å². The van der Waals surface area contributed by atoms with Gasteiger partial charge in [0.05, 0.1) is 28.8 Å². The molecule has 0 radical (unpaired) electrons.